The minimum Gasteiger partial charge on any atom is -0.489 e. The maximum Gasteiger partial charge on any atom is 0.120 e. The number of hydrogen-bond donors (Lipinski definition) is 0. The average Bonchev–Trinajstić information content (AvgIpc) is 3.10. The van der Waals surface area contributed by atoms with E-state index < -0.39 is 0 Å². The lowest BCUT2D eigenvalue weighted by Crippen LogP contribution is -1.98. The molecule has 0 unspecified atom stereocenters. The molecular weight excluding hydrogens is 304 g/mol. The zero-order valence-corrected chi connectivity index (χ0v) is 15.0. The Kier molecular flexibility index (Phi) is 4.31. The van der Waals surface area contributed by atoms with Crippen LogP contribution in [0.15, 0.2) is 60.7 Å². The zero-order chi connectivity index (χ0) is 17.2. The van der Waals surface area contributed by atoms with Crippen molar-refractivity contribution in [3.63, 3.8) is 0 Å². The molecule has 1 aliphatic rings. The first kappa shape index (κ1) is 16.0. The molecule has 0 saturated heterocycles. The molecule has 1 aliphatic carbocycles. The predicted molar refractivity (Wildman–Crippen MR) is 104 cm³/mol. The molecular formula is C24H24O. The van der Waals surface area contributed by atoms with E-state index in [0.717, 1.165) is 5.75 Å². The van der Waals surface area contributed by atoms with Crippen LogP contribution < -0.4 is 4.74 Å². The second-order valence-electron chi connectivity index (χ2n) is 7.00. The Hall–Kier alpha value is -2.54. The SMILES string of the molecule is Cc1cc(OCc2ccccc2)cc(C)c1-c1cccc2c1CCC2. The lowest BCUT2D eigenvalue weighted by Gasteiger charge is -2.16. The summed E-state index contributed by atoms with van der Waals surface area (Å²) in [4.78, 5) is 0. The van der Waals surface area contributed by atoms with Gasteiger partial charge in [0.25, 0.3) is 0 Å². The molecule has 0 bridgehead atoms. The van der Waals surface area contributed by atoms with Gasteiger partial charge in [-0.25, -0.2) is 0 Å². The quantitative estimate of drug-likeness (QED) is 0.567. The van der Waals surface area contributed by atoms with E-state index >= 15 is 0 Å². The highest BCUT2D eigenvalue weighted by Gasteiger charge is 2.18. The molecule has 0 N–H and O–H groups in total. The number of fused-ring (bicyclic) bond motifs is 1. The van der Waals surface area contributed by atoms with Crippen molar-refractivity contribution in [2.45, 2.75) is 39.7 Å². The Balaban J connectivity index is 1.64. The first-order valence-corrected chi connectivity index (χ1v) is 9.11. The second kappa shape index (κ2) is 6.76. The fourth-order valence-electron chi connectivity index (χ4n) is 4.03. The van der Waals surface area contributed by atoms with Crippen molar-refractivity contribution in [2.24, 2.45) is 0 Å². The summed E-state index contributed by atoms with van der Waals surface area (Å²) in [5.74, 6) is 0.954. The van der Waals surface area contributed by atoms with Crippen LogP contribution in [0.2, 0.25) is 0 Å². The first-order valence-electron chi connectivity index (χ1n) is 9.11. The second-order valence-corrected chi connectivity index (χ2v) is 7.00. The smallest absolute Gasteiger partial charge is 0.120 e. The van der Waals surface area contributed by atoms with Crippen molar-refractivity contribution in [2.75, 3.05) is 0 Å². The molecule has 0 aromatic heterocycles. The fraction of sp³-hybridized carbons (Fsp3) is 0.250. The Morgan fingerprint density at radius 3 is 2.36 bits per heavy atom. The van der Waals surface area contributed by atoms with Crippen LogP contribution in [0.3, 0.4) is 0 Å². The molecule has 3 aromatic rings. The van der Waals surface area contributed by atoms with Gasteiger partial charge in [0, 0.05) is 0 Å². The molecule has 4 rings (SSSR count). The Labute approximate surface area is 150 Å². The van der Waals surface area contributed by atoms with Crippen LogP contribution in [0.1, 0.15) is 34.2 Å². The van der Waals surface area contributed by atoms with Crippen molar-refractivity contribution in [3.05, 3.63) is 88.5 Å². The minimum absolute atomic E-state index is 0.611. The number of ether oxygens (including phenoxy) is 1. The van der Waals surface area contributed by atoms with Gasteiger partial charge in [0.05, 0.1) is 0 Å². The van der Waals surface area contributed by atoms with Crippen molar-refractivity contribution in [1.82, 2.24) is 0 Å². The highest BCUT2D eigenvalue weighted by Crippen LogP contribution is 2.37. The van der Waals surface area contributed by atoms with Crippen LogP contribution in [-0.2, 0) is 19.4 Å². The highest BCUT2D eigenvalue weighted by molar-refractivity contribution is 5.76. The molecule has 0 radical (unpaired) electrons. The summed E-state index contributed by atoms with van der Waals surface area (Å²) in [5.41, 5.74) is 9.66. The molecule has 1 heteroatoms. The van der Waals surface area contributed by atoms with Gasteiger partial charge >= 0.3 is 0 Å². The van der Waals surface area contributed by atoms with Crippen molar-refractivity contribution >= 4 is 0 Å². The van der Waals surface area contributed by atoms with Crippen LogP contribution in [0.5, 0.6) is 5.75 Å². The van der Waals surface area contributed by atoms with Gasteiger partial charge in [-0.15, -0.1) is 0 Å². The van der Waals surface area contributed by atoms with E-state index in [1.165, 1.54) is 52.6 Å². The standard InChI is InChI=1S/C24H24O/c1-17-14-21(25-16-19-8-4-3-5-9-19)15-18(2)24(17)23-13-7-11-20-10-6-12-22(20)23/h3-5,7-9,11,13-15H,6,10,12,16H2,1-2H3. The third kappa shape index (κ3) is 3.19. The molecule has 0 atom stereocenters. The largest absolute Gasteiger partial charge is 0.489 e. The van der Waals surface area contributed by atoms with Crippen LogP contribution in [0.25, 0.3) is 11.1 Å². The zero-order valence-electron chi connectivity index (χ0n) is 15.0. The fourth-order valence-corrected chi connectivity index (χ4v) is 4.03. The summed E-state index contributed by atoms with van der Waals surface area (Å²) in [5, 5.41) is 0. The molecule has 0 aliphatic heterocycles. The van der Waals surface area contributed by atoms with E-state index in [1.807, 2.05) is 18.2 Å². The van der Waals surface area contributed by atoms with E-state index in [2.05, 4.69) is 56.3 Å². The molecule has 0 amide bonds. The third-order valence-corrected chi connectivity index (χ3v) is 5.17. The first-order chi connectivity index (χ1) is 12.2. The Morgan fingerprint density at radius 1 is 0.840 bits per heavy atom. The number of benzene rings is 3. The average molecular weight is 328 g/mol. The van der Waals surface area contributed by atoms with E-state index in [4.69, 9.17) is 4.74 Å². The van der Waals surface area contributed by atoms with Crippen LogP contribution in [0.4, 0.5) is 0 Å². The van der Waals surface area contributed by atoms with Crippen LogP contribution in [-0.4, -0.2) is 0 Å². The maximum atomic E-state index is 6.04. The molecule has 0 fully saturated rings. The lowest BCUT2D eigenvalue weighted by atomic mass is 9.90. The summed E-state index contributed by atoms with van der Waals surface area (Å²) >= 11 is 0. The molecule has 3 aromatic carbocycles. The molecule has 0 saturated carbocycles. The van der Waals surface area contributed by atoms with Gasteiger partial charge in [-0.2, -0.15) is 0 Å². The summed E-state index contributed by atoms with van der Waals surface area (Å²) in [6.45, 7) is 5.01. The normalized spacial score (nSPS) is 12.9. The molecule has 25 heavy (non-hydrogen) atoms. The maximum absolute atomic E-state index is 6.04. The van der Waals surface area contributed by atoms with E-state index in [1.54, 1.807) is 5.56 Å². The summed E-state index contributed by atoms with van der Waals surface area (Å²) < 4.78 is 6.04. The van der Waals surface area contributed by atoms with E-state index in [9.17, 15) is 0 Å². The highest BCUT2D eigenvalue weighted by atomic mass is 16.5. The van der Waals surface area contributed by atoms with Gasteiger partial charge in [-0.1, -0.05) is 48.5 Å². The third-order valence-electron chi connectivity index (χ3n) is 5.17. The summed E-state index contributed by atoms with van der Waals surface area (Å²) in [7, 11) is 0. The minimum atomic E-state index is 0.611. The summed E-state index contributed by atoms with van der Waals surface area (Å²) in [6, 6.07) is 21.5. The van der Waals surface area contributed by atoms with Crippen LogP contribution in [0, 0.1) is 13.8 Å². The van der Waals surface area contributed by atoms with Gasteiger partial charge < -0.3 is 4.74 Å². The van der Waals surface area contributed by atoms with E-state index in [-0.39, 0.29) is 0 Å². The molecule has 126 valence electrons. The Morgan fingerprint density at radius 2 is 1.60 bits per heavy atom. The summed E-state index contributed by atoms with van der Waals surface area (Å²) in [6.07, 6.45) is 3.71. The van der Waals surface area contributed by atoms with Crippen molar-refractivity contribution < 1.29 is 4.74 Å². The predicted octanol–water partition coefficient (Wildman–Crippen LogP) is 6.04. The number of hydrogen-bond acceptors (Lipinski definition) is 1. The van der Waals surface area contributed by atoms with Gasteiger partial charge in [0.2, 0.25) is 0 Å². The topological polar surface area (TPSA) is 9.23 Å². The Bertz CT molecular complexity index is 870. The van der Waals surface area contributed by atoms with Gasteiger partial charge in [-0.3, -0.25) is 0 Å². The van der Waals surface area contributed by atoms with Crippen LogP contribution >= 0.6 is 0 Å². The number of rotatable bonds is 4. The monoisotopic (exact) mass is 328 g/mol. The van der Waals surface area contributed by atoms with Crippen molar-refractivity contribution in [1.29, 1.82) is 0 Å². The number of aryl methyl sites for hydroxylation is 3. The molecule has 0 heterocycles. The van der Waals surface area contributed by atoms with Gasteiger partial charge in [0.15, 0.2) is 0 Å². The van der Waals surface area contributed by atoms with Gasteiger partial charge in [-0.05, 0) is 84.2 Å². The van der Waals surface area contributed by atoms with Crippen molar-refractivity contribution in [3.8, 4) is 16.9 Å². The van der Waals surface area contributed by atoms with Gasteiger partial charge in [0.1, 0.15) is 12.4 Å². The lowest BCUT2D eigenvalue weighted by molar-refractivity contribution is 0.306. The molecule has 0 spiro atoms. The molecule has 1 nitrogen and oxygen atoms in total. The van der Waals surface area contributed by atoms with E-state index in [0.29, 0.717) is 6.61 Å².